The monoisotopic (exact) mass is 332 g/mol. The van der Waals surface area contributed by atoms with Gasteiger partial charge in [0, 0.05) is 19.3 Å². The van der Waals surface area contributed by atoms with Crippen LogP contribution in [-0.4, -0.2) is 54.1 Å². The molecule has 2 rings (SSSR count). The van der Waals surface area contributed by atoms with Gasteiger partial charge < -0.3 is 5.32 Å². The third-order valence-corrected chi connectivity index (χ3v) is 6.64. The zero-order chi connectivity index (χ0) is 15.7. The molecule has 0 radical (unpaired) electrons. The van der Waals surface area contributed by atoms with Crippen molar-refractivity contribution in [3.05, 3.63) is 24.3 Å². The molecule has 1 fully saturated rings. The molecular formula is C13H20N2O4S2. The average Bonchev–Trinajstić information content (AvgIpc) is 2.88. The summed E-state index contributed by atoms with van der Waals surface area (Å²) in [6.45, 7) is 1.79. The largest absolute Gasteiger partial charge is 0.319 e. The molecule has 0 saturated carbocycles. The minimum absolute atomic E-state index is 0.121. The van der Waals surface area contributed by atoms with Crippen molar-refractivity contribution < 1.29 is 16.8 Å². The zero-order valence-corrected chi connectivity index (χ0v) is 13.7. The van der Waals surface area contributed by atoms with Gasteiger partial charge in [0.15, 0.2) is 9.84 Å². The van der Waals surface area contributed by atoms with Crippen molar-refractivity contribution in [1.82, 2.24) is 9.62 Å². The summed E-state index contributed by atoms with van der Waals surface area (Å²) in [5.41, 5.74) is 0. The summed E-state index contributed by atoms with van der Waals surface area (Å²) in [7, 11) is -5.01. The Morgan fingerprint density at radius 3 is 2.24 bits per heavy atom. The van der Waals surface area contributed by atoms with E-state index in [1.807, 2.05) is 7.05 Å². The maximum atomic E-state index is 12.5. The van der Waals surface area contributed by atoms with Crippen LogP contribution in [0, 0.1) is 5.92 Å². The Balaban J connectivity index is 2.21. The maximum Gasteiger partial charge on any atom is 0.243 e. The van der Waals surface area contributed by atoms with Gasteiger partial charge >= 0.3 is 0 Å². The number of sulfone groups is 1. The molecule has 1 aliphatic heterocycles. The highest BCUT2D eigenvalue weighted by Gasteiger charge is 2.32. The van der Waals surface area contributed by atoms with Gasteiger partial charge in [0.25, 0.3) is 0 Å². The summed E-state index contributed by atoms with van der Waals surface area (Å²) in [5.74, 6) is 0.320. The molecule has 1 atom stereocenters. The van der Waals surface area contributed by atoms with Crippen LogP contribution in [0.3, 0.4) is 0 Å². The number of sulfonamides is 1. The van der Waals surface area contributed by atoms with E-state index in [1.165, 1.54) is 28.6 Å². The molecule has 1 aromatic rings. The Kier molecular flexibility index (Phi) is 4.72. The molecule has 0 bridgehead atoms. The molecule has 6 nitrogen and oxygen atoms in total. The van der Waals surface area contributed by atoms with Crippen LogP contribution in [0.1, 0.15) is 6.42 Å². The number of hydrogen-bond donors (Lipinski definition) is 1. The van der Waals surface area contributed by atoms with Gasteiger partial charge in [0.2, 0.25) is 10.0 Å². The normalized spacial score (nSPS) is 20.8. The van der Waals surface area contributed by atoms with Crippen LogP contribution >= 0.6 is 0 Å². The van der Waals surface area contributed by atoms with Gasteiger partial charge in [-0.15, -0.1) is 0 Å². The highest BCUT2D eigenvalue weighted by atomic mass is 32.2. The topological polar surface area (TPSA) is 83.6 Å². The highest BCUT2D eigenvalue weighted by Crippen LogP contribution is 2.24. The van der Waals surface area contributed by atoms with Gasteiger partial charge in [-0.05, 0) is 50.2 Å². The molecule has 8 heteroatoms. The lowest BCUT2D eigenvalue weighted by atomic mass is 10.1. The summed E-state index contributed by atoms with van der Waals surface area (Å²) >= 11 is 0. The Labute approximate surface area is 126 Å². The lowest BCUT2D eigenvalue weighted by molar-refractivity contribution is 0.451. The van der Waals surface area contributed by atoms with Gasteiger partial charge in [-0.3, -0.25) is 0 Å². The molecule has 1 aromatic carbocycles. The number of benzene rings is 1. The van der Waals surface area contributed by atoms with Gasteiger partial charge in [-0.25, -0.2) is 16.8 Å². The number of nitrogens with zero attached hydrogens (tertiary/aromatic N) is 1. The number of rotatable bonds is 5. The molecule has 0 aromatic heterocycles. The smallest absolute Gasteiger partial charge is 0.243 e. The SMILES string of the molecule is CNCC1CCN(S(=O)(=O)c2ccc(S(C)(=O)=O)cc2)C1. The van der Waals surface area contributed by atoms with Gasteiger partial charge in [0.05, 0.1) is 9.79 Å². The van der Waals surface area contributed by atoms with E-state index >= 15 is 0 Å². The van der Waals surface area contributed by atoms with Crippen molar-refractivity contribution in [2.45, 2.75) is 16.2 Å². The van der Waals surface area contributed by atoms with E-state index in [0.717, 1.165) is 19.2 Å². The van der Waals surface area contributed by atoms with Crippen molar-refractivity contribution in [1.29, 1.82) is 0 Å². The fraction of sp³-hybridized carbons (Fsp3) is 0.538. The lowest BCUT2D eigenvalue weighted by Gasteiger charge is -2.16. The third kappa shape index (κ3) is 3.63. The van der Waals surface area contributed by atoms with Crippen LogP contribution in [-0.2, 0) is 19.9 Å². The molecule has 21 heavy (non-hydrogen) atoms. The Morgan fingerprint density at radius 1 is 1.14 bits per heavy atom. The summed E-state index contributed by atoms with van der Waals surface area (Å²) < 4.78 is 49.3. The minimum atomic E-state index is -3.54. The molecule has 1 unspecified atom stereocenters. The quantitative estimate of drug-likeness (QED) is 0.839. The van der Waals surface area contributed by atoms with E-state index in [2.05, 4.69) is 5.32 Å². The molecule has 1 heterocycles. The molecule has 0 aliphatic carbocycles. The second kappa shape index (κ2) is 6.04. The second-order valence-corrected chi connectivity index (χ2v) is 9.27. The van der Waals surface area contributed by atoms with Crippen LogP contribution < -0.4 is 5.32 Å². The average molecular weight is 332 g/mol. The lowest BCUT2D eigenvalue weighted by Crippen LogP contribution is -2.30. The zero-order valence-electron chi connectivity index (χ0n) is 12.1. The minimum Gasteiger partial charge on any atom is -0.319 e. The summed E-state index contributed by atoms with van der Waals surface area (Å²) in [6.07, 6.45) is 1.93. The van der Waals surface area contributed by atoms with Gasteiger partial charge in [0.1, 0.15) is 0 Å². The molecule has 1 aliphatic rings. The first-order valence-corrected chi connectivity index (χ1v) is 10.0. The van der Waals surface area contributed by atoms with Crippen LogP contribution in [0.15, 0.2) is 34.1 Å². The fourth-order valence-corrected chi connectivity index (χ4v) is 4.64. The molecule has 1 N–H and O–H groups in total. The van der Waals surface area contributed by atoms with E-state index in [9.17, 15) is 16.8 Å². The van der Waals surface area contributed by atoms with E-state index in [1.54, 1.807) is 0 Å². The fourth-order valence-electron chi connectivity index (χ4n) is 2.48. The summed E-state index contributed by atoms with van der Waals surface area (Å²) in [5, 5.41) is 3.06. The standard InChI is InChI=1S/C13H20N2O4S2/c1-14-9-11-7-8-15(10-11)21(18,19)13-5-3-12(4-6-13)20(2,16)17/h3-6,11,14H,7-10H2,1-2H3. The van der Waals surface area contributed by atoms with Crippen LogP contribution in [0.2, 0.25) is 0 Å². The molecule has 118 valence electrons. The van der Waals surface area contributed by atoms with E-state index in [4.69, 9.17) is 0 Å². The van der Waals surface area contributed by atoms with Crippen molar-refractivity contribution >= 4 is 19.9 Å². The Hall–Kier alpha value is -0.960. The number of nitrogens with one attached hydrogen (secondary N) is 1. The highest BCUT2D eigenvalue weighted by molar-refractivity contribution is 7.90. The van der Waals surface area contributed by atoms with Crippen molar-refractivity contribution in [2.24, 2.45) is 5.92 Å². The van der Waals surface area contributed by atoms with E-state index < -0.39 is 19.9 Å². The first kappa shape index (κ1) is 16.4. The molecule has 0 spiro atoms. The first-order chi connectivity index (χ1) is 9.75. The van der Waals surface area contributed by atoms with Crippen molar-refractivity contribution in [3.8, 4) is 0 Å². The van der Waals surface area contributed by atoms with Gasteiger partial charge in [-0.1, -0.05) is 0 Å². The first-order valence-electron chi connectivity index (χ1n) is 6.70. The predicted molar refractivity (Wildman–Crippen MR) is 80.3 cm³/mol. The number of hydrogen-bond acceptors (Lipinski definition) is 5. The third-order valence-electron chi connectivity index (χ3n) is 3.63. The molecule has 1 saturated heterocycles. The summed E-state index contributed by atoms with van der Waals surface area (Å²) in [6, 6.07) is 5.39. The van der Waals surface area contributed by atoms with Gasteiger partial charge in [-0.2, -0.15) is 4.31 Å². The Morgan fingerprint density at radius 2 is 1.71 bits per heavy atom. The molecule has 0 amide bonds. The summed E-state index contributed by atoms with van der Waals surface area (Å²) in [4.78, 5) is 0.260. The van der Waals surface area contributed by atoms with Crippen LogP contribution in [0.25, 0.3) is 0 Å². The van der Waals surface area contributed by atoms with Crippen LogP contribution in [0.4, 0.5) is 0 Å². The van der Waals surface area contributed by atoms with E-state index in [-0.39, 0.29) is 9.79 Å². The molecular weight excluding hydrogens is 312 g/mol. The van der Waals surface area contributed by atoms with E-state index in [0.29, 0.717) is 19.0 Å². The Bertz CT molecular complexity index is 696. The van der Waals surface area contributed by atoms with Crippen LogP contribution in [0.5, 0.6) is 0 Å². The van der Waals surface area contributed by atoms with Crippen molar-refractivity contribution in [2.75, 3.05) is 32.9 Å². The predicted octanol–water partition coefficient (Wildman–Crippen LogP) is 0.320. The van der Waals surface area contributed by atoms with Crippen molar-refractivity contribution in [3.63, 3.8) is 0 Å². The maximum absolute atomic E-state index is 12.5. The second-order valence-electron chi connectivity index (χ2n) is 5.32.